The maximum absolute atomic E-state index is 12.7. The van der Waals surface area contributed by atoms with E-state index in [-0.39, 0.29) is 24.5 Å². The van der Waals surface area contributed by atoms with Crippen LogP contribution in [0.3, 0.4) is 0 Å². The average Bonchev–Trinajstić information content (AvgIpc) is 2.93. The number of rotatable bonds is 5. The molecule has 0 bridgehead atoms. The summed E-state index contributed by atoms with van der Waals surface area (Å²) in [5.41, 5.74) is 0.994. The molecule has 1 saturated heterocycles. The first-order valence-electron chi connectivity index (χ1n) is 8.17. The number of methoxy groups -OCH3 is 1. The standard InChI is InChI=1S/C20H19NO5/c1-26-15-10-6-5-9-14(15)17-16(18(23)13-7-3-2-4-8-13)19(24)20(25)21(17)11-12-22/h2-10,17,22-23H,11-12H2,1H3/t17-/m0/s1. The Labute approximate surface area is 150 Å². The molecule has 2 N–H and O–H groups in total. The van der Waals surface area contributed by atoms with E-state index in [1.165, 1.54) is 12.0 Å². The monoisotopic (exact) mass is 353 g/mol. The predicted octanol–water partition coefficient (Wildman–Crippen LogP) is 2.11. The van der Waals surface area contributed by atoms with Gasteiger partial charge in [0.25, 0.3) is 11.7 Å². The van der Waals surface area contributed by atoms with Crippen LogP contribution in [0.1, 0.15) is 17.2 Å². The Balaban J connectivity index is 2.23. The van der Waals surface area contributed by atoms with Crippen LogP contribution in [0.4, 0.5) is 0 Å². The molecule has 1 amide bonds. The zero-order valence-electron chi connectivity index (χ0n) is 14.3. The number of β-amino-alcohol motifs (C(OH)–C–C–N with tert-alkyl or cyclic N) is 1. The van der Waals surface area contributed by atoms with Gasteiger partial charge in [0.05, 0.1) is 25.3 Å². The lowest BCUT2D eigenvalue weighted by Gasteiger charge is -2.25. The largest absolute Gasteiger partial charge is 0.507 e. The van der Waals surface area contributed by atoms with Gasteiger partial charge in [-0.2, -0.15) is 0 Å². The minimum atomic E-state index is -0.835. The predicted molar refractivity (Wildman–Crippen MR) is 95.5 cm³/mol. The highest BCUT2D eigenvalue weighted by atomic mass is 16.5. The van der Waals surface area contributed by atoms with E-state index in [0.717, 1.165) is 0 Å². The Morgan fingerprint density at radius 3 is 2.38 bits per heavy atom. The molecule has 0 aromatic heterocycles. The fourth-order valence-corrected chi connectivity index (χ4v) is 3.19. The summed E-state index contributed by atoms with van der Waals surface area (Å²) in [6.07, 6.45) is 0. The summed E-state index contributed by atoms with van der Waals surface area (Å²) in [5, 5.41) is 20.1. The van der Waals surface area contributed by atoms with E-state index in [2.05, 4.69) is 0 Å². The molecule has 1 heterocycles. The molecule has 0 aliphatic carbocycles. The number of aliphatic hydroxyl groups excluding tert-OH is 2. The highest BCUT2D eigenvalue weighted by molar-refractivity contribution is 6.46. The lowest BCUT2D eigenvalue weighted by Crippen LogP contribution is -2.32. The summed E-state index contributed by atoms with van der Waals surface area (Å²) in [4.78, 5) is 26.4. The molecule has 1 fully saturated rings. The number of benzene rings is 2. The number of hydrogen-bond acceptors (Lipinski definition) is 5. The molecule has 0 unspecified atom stereocenters. The first kappa shape index (κ1) is 17.7. The number of Topliss-reactive ketones (excluding diaryl/α,β-unsaturated/α-hetero) is 1. The molecule has 1 aliphatic rings. The number of carbonyl (C=O) groups is 2. The van der Waals surface area contributed by atoms with Crippen molar-refractivity contribution in [1.82, 2.24) is 4.90 Å². The number of amides is 1. The number of likely N-dealkylation sites (tertiary alicyclic amines) is 1. The smallest absolute Gasteiger partial charge is 0.295 e. The molecule has 6 nitrogen and oxygen atoms in total. The number of ketones is 1. The third-order valence-electron chi connectivity index (χ3n) is 4.36. The molecule has 2 aromatic rings. The van der Waals surface area contributed by atoms with Crippen LogP contribution in [-0.4, -0.2) is 47.1 Å². The number of hydrogen-bond donors (Lipinski definition) is 2. The van der Waals surface area contributed by atoms with Gasteiger partial charge in [0, 0.05) is 17.7 Å². The highest BCUT2D eigenvalue weighted by Gasteiger charge is 2.46. The van der Waals surface area contributed by atoms with Crippen molar-refractivity contribution in [1.29, 1.82) is 0 Å². The first-order chi connectivity index (χ1) is 12.6. The number of ether oxygens (including phenoxy) is 1. The summed E-state index contributed by atoms with van der Waals surface area (Å²) in [7, 11) is 1.49. The minimum absolute atomic E-state index is 0.0147. The van der Waals surface area contributed by atoms with E-state index >= 15 is 0 Å². The molecule has 0 radical (unpaired) electrons. The van der Waals surface area contributed by atoms with E-state index in [4.69, 9.17) is 4.74 Å². The van der Waals surface area contributed by atoms with Crippen molar-refractivity contribution in [3.05, 3.63) is 71.3 Å². The summed E-state index contributed by atoms with van der Waals surface area (Å²) < 4.78 is 5.37. The van der Waals surface area contributed by atoms with Crippen LogP contribution in [0.2, 0.25) is 0 Å². The molecular formula is C20H19NO5. The van der Waals surface area contributed by atoms with Crippen LogP contribution < -0.4 is 4.74 Å². The first-order valence-corrected chi connectivity index (χ1v) is 8.17. The van der Waals surface area contributed by atoms with Crippen LogP contribution in [-0.2, 0) is 9.59 Å². The van der Waals surface area contributed by atoms with Crippen molar-refractivity contribution in [2.24, 2.45) is 0 Å². The van der Waals surface area contributed by atoms with Crippen molar-refractivity contribution in [3.63, 3.8) is 0 Å². The normalized spacial score (nSPS) is 19.0. The Bertz CT molecular complexity index is 860. The zero-order valence-corrected chi connectivity index (χ0v) is 14.3. The van der Waals surface area contributed by atoms with Gasteiger partial charge in [-0.1, -0.05) is 48.5 Å². The number of nitrogens with zero attached hydrogens (tertiary/aromatic N) is 1. The molecule has 2 aromatic carbocycles. The van der Waals surface area contributed by atoms with E-state index < -0.39 is 17.7 Å². The average molecular weight is 353 g/mol. The van der Waals surface area contributed by atoms with Gasteiger partial charge in [-0.3, -0.25) is 9.59 Å². The number of aliphatic hydroxyl groups is 2. The van der Waals surface area contributed by atoms with Crippen molar-refractivity contribution >= 4 is 17.4 Å². The van der Waals surface area contributed by atoms with Crippen LogP contribution in [0.15, 0.2) is 60.2 Å². The van der Waals surface area contributed by atoms with E-state index in [0.29, 0.717) is 16.9 Å². The summed E-state index contributed by atoms with van der Waals surface area (Å²) in [6.45, 7) is -0.330. The van der Waals surface area contributed by atoms with Crippen LogP contribution in [0.25, 0.3) is 5.76 Å². The molecule has 1 aliphatic heterocycles. The van der Waals surface area contributed by atoms with Crippen LogP contribution >= 0.6 is 0 Å². The second-order valence-corrected chi connectivity index (χ2v) is 5.82. The van der Waals surface area contributed by atoms with Gasteiger partial charge in [0.2, 0.25) is 0 Å². The maximum Gasteiger partial charge on any atom is 0.295 e. The summed E-state index contributed by atoms with van der Waals surface area (Å²) in [5.74, 6) is -1.30. The second kappa shape index (κ2) is 7.41. The minimum Gasteiger partial charge on any atom is -0.507 e. The van der Waals surface area contributed by atoms with Crippen LogP contribution in [0, 0.1) is 0 Å². The molecule has 6 heteroatoms. The van der Waals surface area contributed by atoms with Crippen LogP contribution in [0.5, 0.6) is 5.75 Å². The molecular weight excluding hydrogens is 334 g/mol. The third-order valence-corrected chi connectivity index (χ3v) is 4.36. The van der Waals surface area contributed by atoms with E-state index in [1.807, 2.05) is 0 Å². The van der Waals surface area contributed by atoms with Gasteiger partial charge in [-0.15, -0.1) is 0 Å². The molecule has 0 saturated carbocycles. The molecule has 1 atom stereocenters. The van der Waals surface area contributed by atoms with E-state index in [9.17, 15) is 19.8 Å². The quantitative estimate of drug-likeness (QED) is 0.488. The number of para-hydroxylation sites is 1. The highest BCUT2D eigenvalue weighted by Crippen LogP contribution is 2.42. The van der Waals surface area contributed by atoms with Crippen molar-refractivity contribution < 1.29 is 24.5 Å². The summed E-state index contributed by atoms with van der Waals surface area (Å²) >= 11 is 0. The zero-order chi connectivity index (χ0) is 18.7. The molecule has 0 spiro atoms. The second-order valence-electron chi connectivity index (χ2n) is 5.82. The van der Waals surface area contributed by atoms with Gasteiger partial charge in [0.1, 0.15) is 11.5 Å². The number of carbonyl (C=O) groups excluding carboxylic acids is 2. The molecule has 26 heavy (non-hydrogen) atoms. The third kappa shape index (κ3) is 2.95. The SMILES string of the molecule is COc1ccccc1[C@H]1C(=C(O)c2ccccc2)C(=O)C(=O)N1CCO. The molecule has 3 rings (SSSR count). The lowest BCUT2D eigenvalue weighted by molar-refractivity contribution is -0.140. The topological polar surface area (TPSA) is 87.1 Å². The lowest BCUT2D eigenvalue weighted by atomic mass is 9.94. The van der Waals surface area contributed by atoms with Gasteiger partial charge in [-0.25, -0.2) is 0 Å². The van der Waals surface area contributed by atoms with Crippen molar-refractivity contribution in [2.75, 3.05) is 20.3 Å². The van der Waals surface area contributed by atoms with Crippen molar-refractivity contribution in [2.45, 2.75) is 6.04 Å². The fraction of sp³-hybridized carbons (Fsp3) is 0.200. The van der Waals surface area contributed by atoms with Crippen molar-refractivity contribution in [3.8, 4) is 5.75 Å². The maximum atomic E-state index is 12.7. The fourth-order valence-electron chi connectivity index (χ4n) is 3.19. The Morgan fingerprint density at radius 1 is 1.08 bits per heavy atom. The molecule has 134 valence electrons. The summed E-state index contributed by atoms with van der Waals surface area (Å²) in [6, 6.07) is 14.7. The Hall–Kier alpha value is -3.12. The van der Waals surface area contributed by atoms with Gasteiger partial charge >= 0.3 is 0 Å². The van der Waals surface area contributed by atoms with E-state index in [1.54, 1.807) is 54.6 Å². The van der Waals surface area contributed by atoms with Gasteiger partial charge in [-0.05, 0) is 6.07 Å². The van der Waals surface area contributed by atoms with Gasteiger partial charge in [0.15, 0.2) is 0 Å². The Morgan fingerprint density at radius 2 is 1.73 bits per heavy atom. The van der Waals surface area contributed by atoms with Gasteiger partial charge < -0.3 is 19.8 Å². The Kier molecular flexibility index (Phi) is 5.04.